The number of phenols is 1. The first kappa shape index (κ1) is 22.0. The first-order valence-corrected chi connectivity index (χ1v) is 10.5. The van der Waals surface area contributed by atoms with Gasteiger partial charge in [0.25, 0.3) is 5.91 Å². The molecule has 1 amide bonds. The molecule has 1 heterocycles. The minimum Gasteiger partial charge on any atom is -0.873 e. The molecule has 7 atom stereocenters. The van der Waals surface area contributed by atoms with Crippen molar-refractivity contribution in [3.63, 3.8) is 0 Å². The van der Waals surface area contributed by atoms with Crippen molar-refractivity contribution in [1.29, 1.82) is 0 Å². The van der Waals surface area contributed by atoms with Gasteiger partial charge in [0.05, 0.1) is 31.1 Å². The van der Waals surface area contributed by atoms with E-state index in [0.717, 1.165) is 0 Å². The zero-order valence-corrected chi connectivity index (χ0v) is 18.1. The molecule has 2 fully saturated rings. The molecule has 1 saturated heterocycles. The van der Waals surface area contributed by atoms with E-state index in [4.69, 9.17) is 10.5 Å². The highest BCUT2D eigenvalue weighted by molar-refractivity contribution is 6.21. The molecule has 11 nitrogen and oxygen atoms in total. The standard InChI is InChI=1S/C22H24N2O9/c1-19-8-5-4-6-10(25)12(8)16(27)21(31)11(19)7-9-14(24(2)3)15(26)13(18(23)29)17(28)20(9,30)22(21,32)33-19/h4-6,9,11,14,25,28,30-32H,7H2,1-3H3,(H2,23,29)/t9-,11+,14-,19?,20+,21-,22+/m0/s1. The first-order chi connectivity index (χ1) is 15.2. The van der Waals surface area contributed by atoms with Crippen LogP contribution in [0.3, 0.4) is 0 Å². The predicted molar refractivity (Wildman–Crippen MR) is 105 cm³/mol. The number of ether oxygens (including phenoxy) is 1. The number of carbonyl (C=O) groups excluding carboxylic acids is 3. The molecule has 7 N–H and O–H groups in total. The van der Waals surface area contributed by atoms with Crippen LogP contribution in [0, 0.1) is 11.8 Å². The van der Waals surface area contributed by atoms with E-state index in [1.54, 1.807) is 14.1 Å². The fourth-order valence-electron chi connectivity index (χ4n) is 6.71. The van der Waals surface area contributed by atoms with E-state index in [1.807, 2.05) is 0 Å². The minimum absolute atomic E-state index is 0.159. The maximum Gasteiger partial charge on any atom is 0.251 e. The number of ketones is 2. The van der Waals surface area contributed by atoms with Crippen LogP contribution >= 0.6 is 0 Å². The number of benzene rings is 1. The number of likely N-dealkylation sites (N-methyl/N-ethyl adjacent to an activating group) is 1. The number of phenolic OH excluding ortho intramolecular Hbond substituents is 1. The molecule has 176 valence electrons. The van der Waals surface area contributed by atoms with Gasteiger partial charge in [-0.1, -0.05) is 17.9 Å². The second-order valence-corrected chi connectivity index (χ2v) is 9.80. The summed E-state index contributed by atoms with van der Waals surface area (Å²) in [5.41, 5.74) is -3.43. The lowest BCUT2D eigenvalue weighted by atomic mass is 9.50. The normalized spacial score (nSPS) is 43.5. The van der Waals surface area contributed by atoms with Crippen LogP contribution in [0.1, 0.15) is 29.3 Å². The van der Waals surface area contributed by atoms with Crippen molar-refractivity contribution in [3.8, 4) is 5.75 Å². The number of quaternary nitrogens is 1. The van der Waals surface area contributed by atoms with Crippen molar-refractivity contribution in [2.24, 2.45) is 17.6 Å². The van der Waals surface area contributed by atoms with Crippen LogP contribution in [0.4, 0.5) is 0 Å². The van der Waals surface area contributed by atoms with Crippen LogP contribution in [0.25, 0.3) is 0 Å². The minimum atomic E-state index is -3.24. The van der Waals surface area contributed by atoms with Crippen LogP contribution in [0.2, 0.25) is 0 Å². The van der Waals surface area contributed by atoms with Gasteiger partial charge in [0.1, 0.15) is 17.0 Å². The molecule has 4 bridgehead atoms. The Bertz CT molecular complexity index is 1190. The summed E-state index contributed by atoms with van der Waals surface area (Å²) in [6.45, 7) is 1.47. The van der Waals surface area contributed by atoms with E-state index in [9.17, 15) is 39.9 Å². The Morgan fingerprint density at radius 2 is 1.85 bits per heavy atom. The average molecular weight is 460 g/mol. The molecule has 33 heavy (non-hydrogen) atoms. The number of amides is 1. The van der Waals surface area contributed by atoms with E-state index >= 15 is 0 Å². The lowest BCUT2D eigenvalue weighted by molar-refractivity contribution is -0.881. The molecule has 4 aliphatic rings. The van der Waals surface area contributed by atoms with Gasteiger partial charge in [-0.3, -0.25) is 14.4 Å². The Labute approximate surface area is 187 Å². The highest BCUT2D eigenvalue weighted by Crippen LogP contribution is 2.69. The molecule has 5 rings (SSSR count). The van der Waals surface area contributed by atoms with Gasteiger partial charge in [0.2, 0.25) is 17.4 Å². The third-order valence-corrected chi connectivity index (χ3v) is 8.11. The number of aromatic hydroxyl groups is 1. The Morgan fingerprint density at radius 1 is 1.21 bits per heavy atom. The lowest BCUT2D eigenvalue weighted by Crippen LogP contribution is -3.13. The molecular weight excluding hydrogens is 436 g/mol. The number of Topliss-reactive ketones (excluding diaryl/α,β-unsaturated/α-hetero) is 2. The van der Waals surface area contributed by atoms with Crippen LogP contribution in [-0.4, -0.2) is 75.0 Å². The van der Waals surface area contributed by atoms with Crippen molar-refractivity contribution in [2.75, 3.05) is 14.1 Å². The third kappa shape index (κ3) is 2.02. The summed E-state index contributed by atoms with van der Waals surface area (Å²) in [7, 11) is 3.13. The van der Waals surface area contributed by atoms with Crippen molar-refractivity contribution in [1.82, 2.24) is 0 Å². The highest BCUT2D eigenvalue weighted by Gasteiger charge is 2.87. The van der Waals surface area contributed by atoms with Gasteiger partial charge in [0, 0.05) is 5.92 Å². The van der Waals surface area contributed by atoms with Gasteiger partial charge in [-0.15, -0.1) is 0 Å². The number of hydrogen-bond donors (Lipinski definition) is 6. The van der Waals surface area contributed by atoms with E-state index in [1.165, 1.54) is 25.1 Å². The Morgan fingerprint density at radius 3 is 2.42 bits per heavy atom. The summed E-state index contributed by atoms with van der Waals surface area (Å²) < 4.78 is 5.89. The van der Waals surface area contributed by atoms with Gasteiger partial charge in [0.15, 0.2) is 11.6 Å². The van der Waals surface area contributed by atoms with Crippen LogP contribution in [0.15, 0.2) is 29.5 Å². The third-order valence-electron chi connectivity index (χ3n) is 8.11. The van der Waals surface area contributed by atoms with Crippen molar-refractivity contribution in [2.45, 2.75) is 42.0 Å². The van der Waals surface area contributed by atoms with Crippen molar-refractivity contribution in [3.05, 3.63) is 40.7 Å². The van der Waals surface area contributed by atoms with Crippen LogP contribution < -0.4 is 15.7 Å². The number of rotatable bonds is 2. The summed E-state index contributed by atoms with van der Waals surface area (Å²) >= 11 is 0. The predicted octanol–water partition coefficient (Wildman–Crippen LogP) is -4.18. The van der Waals surface area contributed by atoms with Gasteiger partial charge >= 0.3 is 0 Å². The Kier molecular flexibility index (Phi) is 3.99. The number of nitrogens with two attached hydrogens (primary N) is 1. The molecule has 1 saturated carbocycles. The van der Waals surface area contributed by atoms with Crippen LogP contribution in [0.5, 0.6) is 5.75 Å². The van der Waals surface area contributed by atoms with E-state index < -0.39 is 75.0 Å². The second kappa shape index (κ2) is 5.99. The molecule has 0 spiro atoms. The largest absolute Gasteiger partial charge is 0.873 e. The summed E-state index contributed by atoms with van der Waals surface area (Å²) in [6, 6.07) is 2.96. The van der Waals surface area contributed by atoms with E-state index in [2.05, 4.69) is 0 Å². The molecule has 1 aromatic carbocycles. The Hall–Kier alpha value is -2.83. The van der Waals surface area contributed by atoms with Crippen molar-refractivity contribution >= 4 is 17.5 Å². The SMILES string of the molecule is C[NH+](C)[C@@H]1C(=O)C(C(N)=O)=C([O-])[C@]2(O)[C@H]1C[C@@H]1C3(C)O[C@@]2(O)[C@@]1(O)C(=O)c1c(O)cccc13. The summed E-state index contributed by atoms with van der Waals surface area (Å²) in [5.74, 6) is -11.1. The first-order valence-electron chi connectivity index (χ1n) is 10.5. The highest BCUT2D eigenvalue weighted by atomic mass is 16.7. The molecule has 3 aliphatic carbocycles. The van der Waals surface area contributed by atoms with Gasteiger partial charge < -0.3 is 40.9 Å². The summed E-state index contributed by atoms with van der Waals surface area (Å²) in [5, 5.41) is 59.2. The molecule has 0 radical (unpaired) electrons. The molecular formula is C22H24N2O9. The average Bonchev–Trinajstić information content (AvgIpc) is 2.79. The topological polar surface area (TPSA) is 195 Å². The fourth-order valence-corrected chi connectivity index (χ4v) is 6.71. The maximum atomic E-state index is 13.6. The second-order valence-electron chi connectivity index (χ2n) is 9.80. The van der Waals surface area contributed by atoms with Crippen molar-refractivity contribution < 1.29 is 49.6 Å². The monoisotopic (exact) mass is 460 g/mol. The quantitative estimate of drug-likeness (QED) is 0.237. The zero-order valence-electron chi connectivity index (χ0n) is 18.1. The number of fused-ring (bicyclic) bond motifs is 4. The molecule has 1 aromatic rings. The summed E-state index contributed by atoms with van der Waals surface area (Å²) in [4.78, 5) is 39.1. The van der Waals surface area contributed by atoms with E-state index in [-0.39, 0.29) is 17.5 Å². The van der Waals surface area contributed by atoms with E-state index in [0.29, 0.717) is 4.90 Å². The van der Waals surface area contributed by atoms with Gasteiger partial charge in [-0.25, -0.2) is 0 Å². The zero-order chi connectivity index (χ0) is 24.5. The number of aliphatic hydroxyl groups is 3. The Balaban J connectivity index is 1.87. The van der Waals surface area contributed by atoms with Gasteiger partial charge in [-0.05, 0) is 25.0 Å². The number of hydrogen-bond acceptors (Lipinski definition) is 9. The molecule has 0 aromatic heterocycles. The number of carbonyl (C=O) groups is 3. The number of nitrogens with one attached hydrogen (secondary N) is 1. The maximum absolute atomic E-state index is 13.6. The molecule has 1 unspecified atom stereocenters. The fraction of sp³-hybridized carbons (Fsp3) is 0.500. The number of primary amides is 1. The van der Waals surface area contributed by atoms with Crippen LogP contribution in [-0.2, 0) is 19.9 Å². The summed E-state index contributed by atoms with van der Waals surface area (Å²) in [6.07, 6.45) is -0.272. The lowest BCUT2D eigenvalue weighted by Gasteiger charge is -2.60. The molecule has 11 heteroatoms. The molecule has 1 aliphatic heterocycles. The smallest absolute Gasteiger partial charge is 0.251 e. The van der Waals surface area contributed by atoms with Gasteiger partial charge in [-0.2, -0.15) is 0 Å².